The van der Waals surface area contributed by atoms with Crippen molar-refractivity contribution in [2.45, 2.75) is 44.8 Å². The molecule has 19 heavy (non-hydrogen) atoms. The quantitative estimate of drug-likeness (QED) is 0.843. The average molecular weight is 263 g/mol. The van der Waals surface area contributed by atoms with E-state index in [0.29, 0.717) is 30.6 Å². The maximum atomic E-state index is 9.92. The van der Waals surface area contributed by atoms with E-state index < -0.39 is 0 Å². The molecule has 104 valence electrons. The number of rotatable bonds is 3. The van der Waals surface area contributed by atoms with Crippen LogP contribution < -0.4 is 0 Å². The molecule has 1 aromatic heterocycles. The van der Waals surface area contributed by atoms with E-state index in [1.165, 1.54) is 12.8 Å². The molecule has 1 aromatic rings. The minimum absolute atomic E-state index is 0.0853. The third kappa shape index (κ3) is 2.87. The molecule has 0 aromatic carbocycles. The van der Waals surface area contributed by atoms with Crippen molar-refractivity contribution >= 4 is 0 Å². The van der Waals surface area contributed by atoms with Gasteiger partial charge in [0.2, 0.25) is 5.89 Å². The highest BCUT2D eigenvalue weighted by molar-refractivity contribution is 5.00. The first-order chi connectivity index (χ1) is 9.22. The van der Waals surface area contributed by atoms with Gasteiger partial charge in [-0.3, -0.25) is 4.90 Å². The summed E-state index contributed by atoms with van der Waals surface area (Å²) in [6.07, 6.45) is 8.49. The Bertz CT molecular complexity index is 457. The molecule has 1 aliphatic carbocycles. The highest BCUT2D eigenvalue weighted by Gasteiger charge is 2.36. The highest BCUT2D eigenvalue weighted by atomic mass is 16.5. The summed E-state index contributed by atoms with van der Waals surface area (Å²) in [6, 6.07) is 0.0853. The second-order valence-corrected chi connectivity index (χ2v) is 5.69. The van der Waals surface area contributed by atoms with Gasteiger partial charge in [0.25, 0.3) is 0 Å². The van der Waals surface area contributed by atoms with E-state index in [0.717, 1.165) is 13.0 Å². The number of hydrogen-bond donors (Lipinski definition) is 1. The molecule has 0 amide bonds. The highest BCUT2D eigenvalue weighted by Crippen LogP contribution is 2.33. The van der Waals surface area contributed by atoms with E-state index in [2.05, 4.69) is 27.2 Å². The van der Waals surface area contributed by atoms with Crippen LogP contribution in [-0.2, 0) is 0 Å². The van der Waals surface area contributed by atoms with Gasteiger partial charge in [-0.1, -0.05) is 17.3 Å². The normalized spacial score (nSPS) is 32.0. The van der Waals surface area contributed by atoms with Crippen LogP contribution in [0, 0.1) is 12.8 Å². The number of aryl methyl sites for hydroxylation is 1. The third-order valence-corrected chi connectivity index (χ3v) is 4.08. The number of nitrogens with zero attached hydrogens (tertiary/aromatic N) is 3. The molecular formula is C14H21N3O2. The molecule has 0 saturated carbocycles. The lowest BCUT2D eigenvalue weighted by molar-refractivity contribution is 0.156. The molecule has 1 saturated heterocycles. The predicted octanol–water partition coefficient (Wildman–Crippen LogP) is 1.84. The number of allylic oxidation sites excluding steroid dienone is 2. The zero-order valence-electron chi connectivity index (χ0n) is 11.3. The summed E-state index contributed by atoms with van der Waals surface area (Å²) in [6.45, 7) is 3.55. The van der Waals surface area contributed by atoms with Crippen LogP contribution in [0.1, 0.15) is 43.4 Å². The van der Waals surface area contributed by atoms with Crippen molar-refractivity contribution in [2.24, 2.45) is 5.92 Å². The standard InChI is InChI=1S/C14H21N3O2/c1-10-15-14(19-16-10)13-7-12(18)9-17(13)8-11-5-3-2-4-6-11/h2-3,11-13,18H,4-9H2,1H3/t11?,12-,13-/m1/s1. The zero-order valence-corrected chi connectivity index (χ0v) is 11.3. The molecule has 0 spiro atoms. The molecule has 0 radical (unpaired) electrons. The average Bonchev–Trinajstić information content (AvgIpc) is 2.97. The van der Waals surface area contributed by atoms with Crippen molar-refractivity contribution in [1.29, 1.82) is 0 Å². The summed E-state index contributed by atoms with van der Waals surface area (Å²) in [7, 11) is 0. The lowest BCUT2D eigenvalue weighted by Gasteiger charge is -2.27. The fourth-order valence-electron chi connectivity index (χ4n) is 3.14. The van der Waals surface area contributed by atoms with Crippen LogP contribution in [0.3, 0.4) is 0 Å². The van der Waals surface area contributed by atoms with Gasteiger partial charge in [-0.05, 0) is 38.5 Å². The van der Waals surface area contributed by atoms with Crippen molar-refractivity contribution in [3.05, 3.63) is 23.9 Å². The van der Waals surface area contributed by atoms with Gasteiger partial charge in [0.05, 0.1) is 12.1 Å². The predicted molar refractivity (Wildman–Crippen MR) is 70.5 cm³/mol. The molecule has 2 aliphatic rings. The summed E-state index contributed by atoms with van der Waals surface area (Å²) >= 11 is 0. The number of β-amino-alcohol motifs (C(OH)–C–C–N with tert-alkyl or cyclic N) is 1. The van der Waals surface area contributed by atoms with Crippen molar-refractivity contribution in [1.82, 2.24) is 15.0 Å². The molecule has 1 fully saturated rings. The Morgan fingerprint density at radius 3 is 3.05 bits per heavy atom. The van der Waals surface area contributed by atoms with Crippen LogP contribution in [0.15, 0.2) is 16.7 Å². The van der Waals surface area contributed by atoms with E-state index in [-0.39, 0.29) is 12.1 Å². The van der Waals surface area contributed by atoms with Crippen molar-refractivity contribution < 1.29 is 9.63 Å². The van der Waals surface area contributed by atoms with Crippen LogP contribution in [0.4, 0.5) is 0 Å². The van der Waals surface area contributed by atoms with Gasteiger partial charge < -0.3 is 9.63 Å². The van der Waals surface area contributed by atoms with Crippen molar-refractivity contribution in [3.8, 4) is 0 Å². The van der Waals surface area contributed by atoms with Crippen molar-refractivity contribution in [3.63, 3.8) is 0 Å². The lowest BCUT2D eigenvalue weighted by atomic mass is 9.94. The number of aromatic nitrogens is 2. The Kier molecular flexibility index (Phi) is 3.66. The van der Waals surface area contributed by atoms with E-state index in [1.807, 2.05) is 6.92 Å². The van der Waals surface area contributed by atoms with Gasteiger partial charge in [0, 0.05) is 13.1 Å². The molecule has 5 nitrogen and oxygen atoms in total. The lowest BCUT2D eigenvalue weighted by Crippen LogP contribution is -2.31. The smallest absolute Gasteiger partial charge is 0.244 e. The molecule has 1 N–H and O–H groups in total. The summed E-state index contributed by atoms with van der Waals surface area (Å²) in [5.41, 5.74) is 0. The Hall–Kier alpha value is -1.20. The summed E-state index contributed by atoms with van der Waals surface area (Å²) in [4.78, 5) is 6.63. The summed E-state index contributed by atoms with van der Waals surface area (Å²) < 4.78 is 5.29. The number of aliphatic hydroxyl groups is 1. The zero-order chi connectivity index (χ0) is 13.2. The Labute approximate surface area is 113 Å². The van der Waals surface area contributed by atoms with E-state index in [1.54, 1.807) is 0 Å². The fraction of sp³-hybridized carbons (Fsp3) is 0.714. The molecular weight excluding hydrogens is 242 g/mol. The van der Waals surface area contributed by atoms with E-state index in [4.69, 9.17) is 4.52 Å². The van der Waals surface area contributed by atoms with E-state index >= 15 is 0 Å². The van der Waals surface area contributed by atoms with Crippen LogP contribution in [0.5, 0.6) is 0 Å². The first kappa shape index (κ1) is 12.8. The second-order valence-electron chi connectivity index (χ2n) is 5.69. The molecule has 2 heterocycles. The number of aliphatic hydroxyl groups excluding tert-OH is 1. The molecule has 1 unspecified atom stereocenters. The van der Waals surface area contributed by atoms with Gasteiger partial charge in [0.1, 0.15) is 0 Å². The van der Waals surface area contributed by atoms with Crippen molar-refractivity contribution in [2.75, 3.05) is 13.1 Å². The first-order valence-electron chi connectivity index (χ1n) is 7.09. The SMILES string of the molecule is Cc1noc([C@H]2C[C@@H](O)CN2CC2CC=CCC2)n1. The van der Waals surface area contributed by atoms with Gasteiger partial charge >= 0.3 is 0 Å². The Morgan fingerprint density at radius 2 is 2.37 bits per heavy atom. The summed E-state index contributed by atoms with van der Waals surface area (Å²) in [5, 5.41) is 13.8. The largest absolute Gasteiger partial charge is 0.392 e. The van der Waals surface area contributed by atoms with Crippen LogP contribution >= 0.6 is 0 Å². The number of hydrogen-bond acceptors (Lipinski definition) is 5. The topological polar surface area (TPSA) is 62.4 Å². The van der Waals surface area contributed by atoms with Crippen LogP contribution in [0.2, 0.25) is 0 Å². The molecule has 1 aliphatic heterocycles. The van der Waals surface area contributed by atoms with Gasteiger partial charge in [-0.25, -0.2) is 0 Å². The summed E-state index contributed by atoms with van der Waals surface area (Å²) in [5.74, 6) is 2.00. The maximum absolute atomic E-state index is 9.92. The second kappa shape index (κ2) is 5.43. The van der Waals surface area contributed by atoms with E-state index in [9.17, 15) is 5.11 Å². The molecule has 3 atom stereocenters. The minimum atomic E-state index is -0.281. The Balaban J connectivity index is 1.69. The number of likely N-dealkylation sites (tertiary alicyclic amines) is 1. The molecule has 5 heteroatoms. The third-order valence-electron chi connectivity index (χ3n) is 4.08. The van der Waals surface area contributed by atoms with Gasteiger partial charge in [-0.15, -0.1) is 0 Å². The minimum Gasteiger partial charge on any atom is -0.392 e. The molecule has 3 rings (SSSR count). The van der Waals surface area contributed by atoms with Gasteiger partial charge in [0.15, 0.2) is 5.82 Å². The Morgan fingerprint density at radius 1 is 1.47 bits per heavy atom. The van der Waals surface area contributed by atoms with Crippen LogP contribution in [-0.4, -0.2) is 39.3 Å². The first-order valence-corrected chi connectivity index (χ1v) is 7.09. The molecule has 0 bridgehead atoms. The maximum Gasteiger partial charge on any atom is 0.244 e. The van der Waals surface area contributed by atoms with Gasteiger partial charge in [-0.2, -0.15) is 4.98 Å². The fourth-order valence-corrected chi connectivity index (χ4v) is 3.14. The monoisotopic (exact) mass is 263 g/mol. The van der Waals surface area contributed by atoms with Crippen LogP contribution in [0.25, 0.3) is 0 Å².